The van der Waals surface area contributed by atoms with E-state index in [2.05, 4.69) is 20.8 Å². The summed E-state index contributed by atoms with van der Waals surface area (Å²) < 4.78 is 0. The van der Waals surface area contributed by atoms with E-state index in [1.807, 2.05) is 0 Å². The van der Waals surface area contributed by atoms with Gasteiger partial charge in [0.05, 0.1) is 0 Å². The van der Waals surface area contributed by atoms with Gasteiger partial charge in [-0.25, -0.2) is 0 Å². The second kappa shape index (κ2) is 2.78. The molecule has 1 fully saturated rings. The predicted molar refractivity (Wildman–Crippen MR) is 49.5 cm³/mol. The van der Waals surface area contributed by atoms with E-state index in [1.54, 1.807) is 0 Å². The first-order valence-corrected chi connectivity index (χ1v) is 4.76. The molecule has 1 aliphatic rings. The van der Waals surface area contributed by atoms with E-state index in [1.165, 1.54) is 32.1 Å². The van der Waals surface area contributed by atoms with Crippen molar-refractivity contribution >= 4 is 0 Å². The first-order chi connectivity index (χ1) is 4.97. The topological polar surface area (TPSA) is 26.0 Å². The van der Waals surface area contributed by atoms with E-state index in [4.69, 9.17) is 5.73 Å². The third kappa shape index (κ3) is 2.19. The van der Waals surface area contributed by atoms with Crippen LogP contribution in [-0.2, 0) is 0 Å². The quantitative estimate of drug-likeness (QED) is 0.666. The fourth-order valence-corrected chi connectivity index (χ4v) is 2.30. The molecule has 11 heavy (non-hydrogen) atoms. The third-order valence-electron chi connectivity index (χ3n) is 2.99. The maximum Gasteiger partial charge on any atom is 0.0102 e. The van der Waals surface area contributed by atoms with Crippen LogP contribution in [0.3, 0.4) is 0 Å². The van der Waals surface area contributed by atoms with Gasteiger partial charge >= 0.3 is 0 Å². The first kappa shape index (κ1) is 9.05. The van der Waals surface area contributed by atoms with Gasteiger partial charge in [0.25, 0.3) is 0 Å². The minimum Gasteiger partial charge on any atom is -0.326 e. The SMILES string of the molecule is CCC1(CC(C)(C)N)CCC1. The summed E-state index contributed by atoms with van der Waals surface area (Å²) in [6.45, 7) is 6.58. The molecule has 0 radical (unpaired) electrons. The van der Waals surface area contributed by atoms with Crippen molar-refractivity contribution in [3.63, 3.8) is 0 Å². The Morgan fingerprint density at radius 1 is 1.36 bits per heavy atom. The van der Waals surface area contributed by atoms with Crippen molar-refractivity contribution in [2.24, 2.45) is 11.1 Å². The molecule has 0 aromatic heterocycles. The Morgan fingerprint density at radius 3 is 2.00 bits per heavy atom. The zero-order valence-corrected chi connectivity index (χ0v) is 8.11. The molecular formula is C10H21N. The van der Waals surface area contributed by atoms with Gasteiger partial charge in [0, 0.05) is 5.54 Å². The molecule has 1 nitrogen and oxygen atoms in total. The number of hydrogen-bond donors (Lipinski definition) is 1. The molecule has 66 valence electrons. The van der Waals surface area contributed by atoms with E-state index in [-0.39, 0.29) is 5.54 Å². The van der Waals surface area contributed by atoms with Crippen LogP contribution >= 0.6 is 0 Å². The molecular weight excluding hydrogens is 134 g/mol. The van der Waals surface area contributed by atoms with Gasteiger partial charge in [-0.3, -0.25) is 0 Å². The van der Waals surface area contributed by atoms with E-state index < -0.39 is 0 Å². The molecule has 0 unspecified atom stereocenters. The maximum atomic E-state index is 6.01. The maximum absolute atomic E-state index is 6.01. The summed E-state index contributed by atoms with van der Waals surface area (Å²) in [5, 5.41) is 0. The first-order valence-electron chi connectivity index (χ1n) is 4.76. The molecule has 1 saturated carbocycles. The highest BCUT2D eigenvalue weighted by atomic mass is 14.7. The van der Waals surface area contributed by atoms with Gasteiger partial charge in [0.1, 0.15) is 0 Å². The summed E-state index contributed by atoms with van der Waals surface area (Å²) >= 11 is 0. The smallest absolute Gasteiger partial charge is 0.0102 e. The van der Waals surface area contributed by atoms with Gasteiger partial charge in [0.2, 0.25) is 0 Å². The minimum atomic E-state index is 0.0381. The highest BCUT2D eigenvalue weighted by Gasteiger charge is 2.38. The summed E-state index contributed by atoms with van der Waals surface area (Å²) in [7, 11) is 0. The van der Waals surface area contributed by atoms with Crippen LogP contribution < -0.4 is 5.73 Å². The Hall–Kier alpha value is -0.0400. The summed E-state index contributed by atoms with van der Waals surface area (Å²) in [5.41, 5.74) is 6.67. The van der Waals surface area contributed by atoms with Crippen molar-refractivity contribution in [1.29, 1.82) is 0 Å². The molecule has 0 bridgehead atoms. The van der Waals surface area contributed by atoms with E-state index >= 15 is 0 Å². The predicted octanol–water partition coefficient (Wildman–Crippen LogP) is 2.69. The Morgan fingerprint density at radius 2 is 1.91 bits per heavy atom. The van der Waals surface area contributed by atoms with Crippen LogP contribution in [0, 0.1) is 5.41 Å². The van der Waals surface area contributed by atoms with Crippen molar-refractivity contribution in [3.8, 4) is 0 Å². The zero-order valence-electron chi connectivity index (χ0n) is 8.11. The number of nitrogens with two attached hydrogens (primary N) is 1. The van der Waals surface area contributed by atoms with Crippen molar-refractivity contribution in [2.75, 3.05) is 0 Å². The Balaban J connectivity index is 2.45. The number of hydrogen-bond acceptors (Lipinski definition) is 1. The highest BCUT2D eigenvalue weighted by Crippen LogP contribution is 2.48. The monoisotopic (exact) mass is 155 g/mol. The average Bonchev–Trinajstić information content (AvgIpc) is 1.77. The molecule has 0 atom stereocenters. The van der Waals surface area contributed by atoms with Gasteiger partial charge in [-0.2, -0.15) is 0 Å². The van der Waals surface area contributed by atoms with Crippen molar-refractivity contribution in [3.05, 3.63) is 0 Å². The number of rotatable bonds is 3. The van der Waals surface area contributed by atoms with Gasteiger partial charge in [-0.15, -0.1) is 0 Å². The minimum absolute atomic E-state index is 0.0381. The van der Waals surface area contributed by atoms with Gasteiger partial charge in [0.15, 0.2) is 0 Å². The van der Waals surface area contributed by atoms with Crippen LogP contribution in [0.2, 0.25) is 0 Å². The molecule has 0 aromatic carbocycles. The average molecular weight is 155 g/mol. The van der Waals surface area contributed by atoms with Crippen LogP contribution in [0.1, 0.15) is 52.9 Å². The lowest BCUT2D eigenvalue weighted by Gasteiger charge is -2.45. The van der Waals surface area contributed by atoms with Crippen LogP contribution in [0.15, 0.2) is 0 Å². The molecule has 0 aliphatic heterocycles. The molecule has 0 saturated heterocycles. The summed E-state index contributed by atoms with van der Waals surface area (Å²) in [6.07, 6.45) is 6.75. The molecule has 0 spiro atoms. The van der Waals surface area contributed by atoms with E-state index in [9.17, 15) is 0 Å². The second-order valence-electron chi connectivity index (χ2n) is 4.87. The summed E-state index contributed by atoms with van der Waals surface area (Å²) in [5.74, 6) is 0. The fourth-order valence-electron chi connectivity index (χ4n) is 2.30. The van der Waals surface area contributed by atoms with Gasteiger partial charge in [-0.1, -0.05) is 19.8 Å². The van der Waals surface area contributed by atoms with Crippen molar-refractivity contribution < 1.29 is 0 Å². The molecule has 0 heterocycles. The molecule has 1 heteroatoms. The molecule has 0 aromatic rings. The van der Waals surface area contributed by atoms with Crippen molar-refractivity contribution in [1.82, 2.24) is 0 Å². The lowest BCUT2D eigenvalue weighted by Crippen LogP contribution is -2.42. The van der Waals surface area contributed by atoms with E-state index in [0.717, 1.165) is 0 Å². The normalized spacial score (nSPS) is 22.9. The largest absolute Gasteiger partial charge is 0.326 e. The van der Waals surface area contributed by atoms with Crippen LogP contribution in [0.4, 0.5) is 0 Å². The molecule has 1 rings (SSSR count). The van der Waals surface area contributed by atoms with Crippen LogP contribution in [0.25, 0.3) is 0 Å². The lowest BCUT2D eigenvalue weighted by atomic mass is 9.62. The fraction of sp³-hybridized carbons (Fsp3) is 1.00. The standard InChI is InChI=1S/C10H21N/c1-4-10(6-5-7-10)8-9(2,3)11/h4-8,11H2,1-3H3. The summed E-state index contributed by atoms with van der Waals surface area (Å²) in [6, 6.07) is 0. The van der Waals surface area contributed by atoms with Gasteiger partial charge < -0.3 is 5.73 Å². The van der Waals surface area contributed by atoms with Gasteiger partial charge in [-0.05, 0) is 38.5 Å². The highest BCUT2D eigenvalue weighted by molar-refractivity contribution is 4.92. The zero-order chi connectivity index (χ0) is 8.54. The molecule has 1 aliphatic carbocycles. The Bertz CT molecular complexity index is 123. The Kier molecular flexibility index (Phi) is 2.29. The second-order valence-corrected chi connectivity index (χ2v) is 4.87. The van der Waals surface area contributed by atoms with E-state index in [0.29, 0.717) is 5.41 Å². The van der Waals surface area contributed by atoms with Crippen LogP contribution in [0.5, 0.6) is 0 Å². The Labute approximate surface area is 70.4 Å². The molecule has 0 amide bonds. The lowest BCUT2D eigenvalue weighted by molar-refractivity contribution is 0.0858. The van der Waals surface area contributed by atoms with Crippen LogP contribution in [-0.4, -0.2) is 5.54 Å². The third-order valence-corrected chi connectivity index (χ3v) is 2.99. The molecule has 2 N–H and O–H groups in total. The van der Waals surface area contributed by atoms with Crippen molar-refractivity contribution in [2.45, 2.75) is 58.4 Å². The summed E-state index contributed by atoms with van der Waals surface area (Å²) in [4.78, 5) is 0.